The SMILES string of the molecule is COC(=O)CC(NC1CC1)C(=O)c1ccc(F)c(C)c1. The summed E-state index contributed by atoms with van der Waals surface area (Å²) in [5.41, 5.74) is 0.824. The lowest BCUT2D eigenvalue weighted by molar-refractivity contribution is -0.140. The lowest BCUT2D eigenvalue weighted by atomic mass is 9.99. The number of benzene rings is 1. The highest BCUT2D eigenvalue weighted by molar-refractivity contribution is 6.02. The van der Waals surface area contributed by atoms with E-state index in [1.807, 2.05) is 0 Å². The lowest BCUT2D eigenvalue weighted by Crippen LogP contribution is -2.40. The van der Waals surface area contributed by atoms with Crippen molar-refractivity contribution in [2.75, 3.05) is 7.11 Å². The molecule has 0 aliphatic heterocycles. The molecule has 1 aromatic rings. The van der Waals surface area contributed by atoms with Crippen molar-refractivity contribution in [3.63, 3.8) is 0 Å². The highest BCUT2D eigenvalue weighted by Crippen LogP contribution is 2.21. The van der Waals surface area contributed by atoms with Gasteiger partial charge in [-0.3, -0.25) is 9.59 Å². The van der Waals surface area contributed by atoms with Gasteiger partial charge in [0.05, 0.1) is 19.6 Å². The maximum absolute atomic E-state index is 13.2. The maximum Gasteiger partial charge on any atom is 0.307 e. The number of hydrogen-bond acceptors (Lipinski definition) is 4. The predicted octanol–water partition coefficient (Wildman–Crippen LogP) is 2.00. The minimum atomic E-state index is -0.611. The maximum atomic E-state index is 13.2. The zero-order valence-electron chi connectivity index (χ0n) is 11.6. The van der Waals surface area contributed by atoms with E-state index in [0.29, 0.717) is 11.1 Å². The Labute approximate surface area is 117 Å². The van der Waals surface area contributed by atoms with Gasteiger partial charge in [-0.15, -0.1) is 0 Å². The van der Waals surface area contributed by atoms with Crippen LogP contribution in [0.5, 0.6) is 0 Å². The number of carbonyl (C=O) groups excluding carboxylic acids is 2. The highest BCUT2D eigenvalue weighted by atomic mass is 19.1. The summed E-state index contributed by atoms with van der Waals surface area (Å²) in [7, 11) is 1.29. The molecular weight excluding hydrogens is 261 g/mol. The fourth-order valence-corrected chi connectivity index (χ4v) is 2.01. The Kier molecular flexibility index (Phi) is 4.49. The van der Waals surface area contributed by atoms with Crippen LogP contribution in [0, 0.1) is 12.7 Å². The van der Waals surface area contributed by atoms with E-state index in [0.717, 1.165) is 12.8 Å². The monoisotopic (exact) mass is 279 g/mol. The fourth-order valence-electron chi connectivity index (χ4n) is 2.01. The van der Waals surface area contributed by atoms with Gasteiger partial charge in [-0.2, -0.15) is 0 Å². The number of rotatable bonds is 6. The first-order valence-corrected chi connectivity index (χ1v) is 6.64. The van der Waals surface area contributed by atoms with Gasteiger partial charge in [0.15, 0.2) is 5.78 Å². The minimum absolute atomic E-state index is 0.0116. The van der Waals surface area contributed by atoms with Gasteiger partial charge in [0.25, 0.3) is 0 Å². The fraction of sp³-hybridized carbons (Fsp3) is 0.467. The van der Waals surface area contributed by atoms with E-state index >= 15 is 0 Å². The second-order valence-electron chi connectivity index (χ2n) is 5.10. The van der Waals surface area contributed by atoms with E-state index in [1.54, 1.807) is 6.92 Å². The van der Waals surface area contributed by atoms with E-state index in [1.165, 1.54) is 25.3 Å². The van der Waals surface area contributed by atoms with Gasteiger partial charge in [-0.1, -0.05) is 0 Å². The average Bonchev–Trinajstić information content (AvgIpc) is 3.24. The molecule has 1 fully saturated rings. The van der Waals surface area contributed by atoms with E-state index in [2.05, 4.69) is 10.1 Å². The third kappa shape index (κ3) is 3.63. The standard InChI is InChI=1S/C15H18FNO3/c1-9-7-10(3-6-12(9)16)15(19)13(8-14(18)20-2)17-11-4-5-11/h3,6-7,11,13,17H,4-5,8H2,1-2H3. The second kappa shape index (κ2) is 6.13. The lowest BCUT2D eigenvalue weighted by Gasteiger charge is -2.16. The third-order valence-corrected chi connectivity index (χ3v) is 3.37. The number of hydrogen-bond donors (Lipinski definition) is 1. The number of ether oxygens (including phenoxy) is 1. The molecule has 4 nitrogen and oxygen atoms in total. The quantitative estimate of drug-likeness (QED) is 0.639. The van der Waals surface area contributed by atoms with Crippen molar-refractivity contribution in [3.8, 4) is 0 Å². The molecule has 1 saturated carbocycles. The summed E-state index contributed by atoms with van der Waals surface area (Å²) in [5.74, 6) is -0.984. The molecule has 0 amide bonds. The summed E-state index contributed by atoms with van der Waals surface area (Å²) in [5, 5.41) is 3.14. The Hall–Kier alpha value is -1.75. The van der Waals surface area contributed by atoms with Crippen LogP contribution in [0.25, 0.3) is 0 Å². The van der Waals surface area contributed by atoms with Crippen molar-refractivity contribution in [1.29, 1.82) is 0 Å². The molecule has 1 aliphatic rings. The van der Waals surface area contributed by atoms with Gasteiger partial charge in [0, 0.05) is 11.6 Å². The van der Waals surface area contributed by atoms with Crippen LogP contribution in [0.4, 0.5) is 4.39 Å². The second-order valence-corrected chi connectivity index (χ2v) is 5.10. The number of nitrogens with one attached hydrogen (secondary N) is 1. The van der Waals surface area contributed by atoms with Crippen molar-refractivity contribution in [2.24, 2.45) is 0 Å². The largest absolute Gasteiger partial charge is 0.469 e. The van der Waals surface area contributed by atoms with Crippen LogP contribution >= 0.6 is 0 Å². The molecule has 0 heterocycles. The smallest absolute Gasteiger partial charge is 0.307 e. The zero-order valence-corrected chi connectivity index (χ0v) is 11.6. The summed E-state index contributed by atoms with van der Waals surface area (Å²) < 4.78 is 17.9. The molecule has 1 aromatic carbocycles. The average molecular weight is 279 g/mol. The molecule has 0 aromatic heterocycles. The predicted molar refractivity (Wildman–Crippen MR) is 72.0 cm³/mol. The topological polar surface area (TPSA) is 55.4 Å². The van der Waals surface area contributed by atoms with Crippen LogP contribution in [0.15, 0.2) is 18.2 Å². The van der Waals surface area contributed by atoms with Crippen molar-refractivity contribution in [3.05, 3.63) is 35.1 Å². The third-order valence-electron chi connectivity index (χ3n) is 3.37. The van der Waals surface area contributed by atoms with Crippen LogP contribution in [0.3, 0.4) is 0 Å². The van der Waals surface area contributed by atoms with Crippen molar-refractivity contribution in [1.82, 2.24) is 5.32 Å². The van der Waals surface area contributed by atoms with Crippen LogP contribution in [0.2, 0.25) is 0 Å². The van der Waals surface area contributed by atoms with Crippen LogP contribution in [-0.2, 0) is 9.53 Å². The summed E-state index contributed by atoms with van der Waals surface area (Å²) in [6.07, 6.45) is 2.00. The molecule has 0 saturated heterocycles. The Morgan fingerprint density at radius 2 is 2.15 bits per heavy atom. The van der Waals surface area contributed by atoms with E-state index in [9.17, 15) is 14.0 Å². The summed E-state index contributed by atoms with van der Waals surface area (Å²) in [6, 6.07) is 3.91. The van der Waals surface area contributed by atoms with Gasteiger partial charge in [0.1, 0.15) is 5.82 Å². The van der Waals surface area contributed by atoms with Gasteiger partial charge in [-0.25, -0.2) is 4.39 Å². The Balaban J connectivity index is 2.15. The van der Waals surface area contributed by atoms with E-state index in [4.69, 9.17) is 0 Å². The number of carbonyl (C=O) groups is 2. The molecule has 0 radical (unpaired) electrons. The first-order chi connectivity index (χ1) is 9.51. The first kappa shape index (κ1) is 14.7. The van der Waals surface area contributed by atoms with Crippen molar-refractivity contribution >= 4 is 11.8 Å². The molecule has 5 heteroatoms. The first-order valence-electron chi connectivity index (χ1n) is 6.64. The highest BCUT2D eigenvalue weighted by Gasteiger charge is 2.30. The molecular formula is C15H18FNO3. The normalized spacial score (nSPS) is 15.8. The molecule has 1 unspecified atom stereocenters. The van der Waals surface area contributed by atoms with Gasteiger partial charge in [-0.05, 0) is 43.5 Å². The van der Waals surface area contributed by atoms with E-state index < -0.39 is 12.0 Å². The molecule has 0 spiro atoms. The summed E-state index contributed by atoms with van der Waals surface area (Å²) >= 11 is 0. The van der Waals surface area contributed by atoms with Gasteiger partial charge >= 0.3 is 5.97 Å². The summed E-state index contributed by atoms with van der Waals surface area (Å²) in [6.45, 7) is 1.61. The Morgan fingerprint density at radius 3 is 2.70 bits per heavy atom. The Bertz CT molecular complexity index is 526. The zero-order chi connectivity index (χ0) is 14.7. The number of ketones is 1. The number of Topliss-reactive ketones (excluding diaryl/α,β-unsaturated/α-hetero) is 1. The molecule has 1 aliphatic carbocycles. The molecule has 2 rings (SSSR count). The van der Waals surface area contributed by atoms with Crippen molar-refractivity contribution < 1.29 is 18.7 Å². The minimum Gasteiger partial charge on any atom is -0.469 e. The van der Waals surface area contributed by atoms with Gasteiger partial charge < -0.3 is 10.1 Å². The van der Waals surface area contributed by atoms with E-state index in [-0.39, 0.29) is 24.1 Å². The van der Waals surface area contributed by atoms with Crippen LogP contribution < -0.4 is 5.32 Å². The molecule has 20 heavy (non-hydrogen) atoms. The Morgan fingerprint density at radius 1 is 1.45 bits per heavy atom. The van der Waals surface area contributed by atoms with Crippen molar-refractivity contribution in [2.45, 2.75) is 38.3 Å². The van der Waals surface area contributed by atoms with Crippen LogP contribution in [-0.4, -0.2) is 30.9 Å². The number of halogens is 1. The molecule has 0 bridgehead atoms. The molecule has 1 N–H and O–H groups in total. The molecule has 1 atom stereocenters. The van der Waals surface area contributed by atoms with Gasteiger partial charge in [0.2, 0.25) is 0 Å². The summed E-state index contributed by atoms with van der Waals surface area (Å²) in [4.78, 5) is 23.8. The van der Waals surface area contributed by atoms with Crippen LogP contribution in [0.1, 0.15) is 35.2 Å². The number of esters is 1. The number of aryl methyl sites for hydroxylation is 1. The molecule has 108 valence electrons. The number of methoxy groups -OCH3 is 1.